The van der Waals surface area contributed by atoms with E-state index in [2.05, 4.69) is 10.2 Å². The van der Waals surface area contributed by atoms with Crippen LogP contribution in [0.5, 0.6) is 0 Å². The molecule has 2 aromatic rings. The van der Waals surface area contributed by atoms with Crippen LogP contribution in [0.4, 0.5) is 17.1 Å². The summed E-state index contributed by atoms with van der Waals surface area (Å²) >= 11 is 6.03. The van der Waals surface area contributed by atoms with E-state index < -0.39 is 0 Å². The summed E-state index contributed by atoms with van der Waals surface area (Å²) in [6, 6.07) is 15.1. The number of hydrogen-bond acceptors (Lipinski definition) is 3. The first-order chi connectivity index (χ1) is 13.1. The van der Waals surface area contributed by atoms with Gasteiger partial charge in [0.05, 0.1) is 17.3 Å². The first-order valence-corrected chi connectivity index (χ1v) is 9.70. The Morgan fingerprint density at radius 3 is 2.63 bits per heavy atom. The van der Waals surface area contributed by atoms with Gasteiger partial charge in [0, 0.05) is 36.8 Å². The highest BCUT2D eigenvalue weighted by atomic mass is 35.5. The fourth-order valence-electron chi connectivity index (χ4n) is 3.82. The number of nitrogens with one attached hydrogen (secondary N) is 1. The maximum absolute atomic E-state index is 12.8. The molecule has 0 aliphatic carbocycles. The van der Waals surface area contributed by atoms with Crippen LogP contribution in [0.25, 0.3) is 0 Å². The molecule has 4 rings (SSSR count). The van der Waals surface area contributed by atoms with Gasteiger partial charge in [0.1, 0.15) is 0 Å². The molecule has 2 aromatic carbocycles. The van der Waals surface area contributed by atoms with Gasteiger partial charge in [-0.1, -0.05) is 29.8 Å². The Morgan fingerprint density at radius 2 is 1.85 bits per heavy atom. The lowest BCUT2D eigenvalue weighted by atomic mass is 10.1. The van der Waals surface area contributed by atoms with Crippen LogP contribution in [0.15, 0.2) is 48.5 Å². The molecule has 2 saturated heterocycles. The van der Waals surface area contributed by atoms with Crippen molar-refractivity contribution in [1.82, 2.24) is 0 Å². The Kier molecular flexibility index (Phi) is 5.03. The highest BCUT2D eigenvalue weighted by Crippen LogP contribution is 2.31. The monoisotopic (exact) mass is 383 g/mol. The number of halogens is 1. The molecule has 2 fully saturated rings. The Hall–Kier alpha value is -2.53. The van der Waals surface area contributed by atoms with Crippen molar-refractivity contribution in [3.63, 3.8) is 0 Å². The molecule has 1 unspecified atom stereocenters. The minimum Gasteiger partial charge on any atom is -0.370 e. The van der Waals surface area contributed by atoms with Gasteiger partial charge in [0.25, 0.3) is 0 Å². The lowest BCUT2D eigenvalue weighted by Crippen LogP contribution is -2.28. The van der Waals surface area contributed by atoms with Gasteiger partial charge in [-0.15, -0.1) is 0 Å². The second-order valence-corrected chi connectivity index (χ2v) is 7.52. The molecular formula is C21H22ClN3O2. The van der Waals surface area contributed by atoms with E-state index in [1.165, 1.54) is 12.8 Å². The number of nitrogens with zero attached hydrogens (tertiary/aromatic N) is 2. The summed E-state index contributed by atoms with van der Waals surface area (Å²) < 4.78 is 0. The maximum atomic E-state index is 12.8. The second kappa shape index (κ2) is 7.61. The van der Waals surface area contributed by atoms with E-state index in [4.69, 9.17) is 11.6 Å². The molecule has 2 amide bonds. The van der Waals surface area contributed by atoms with E-state index >= 15 is 0 Å². The molecule has 2 aliphatic heterocycles. The number of hydrogen-bond donors (Lipinski definition) is 1. The average molecular weight is 384 g/mol. The average Bonchev–Trinajstić information content (AvgIpc) is 3.32. The Balaban J connectivity index is 1.47. The molecular weight excluding hydrogens is 362 g/mol. The molecule has 0 saturated carbocycles. The maximum Gasteiger partial charge on any atom is 0.229 e. The summed E-state index contributed by atoms with van der Waals surface area (Å²) in [5.41, 5.74) is 2.61. The van der Waals surface area contributed by atoms with Crippen LogP contribution in [-0.2, 0) is 9.59 Å². The van der Waals surface area contributed by atoms with Gasteiger partial charge in [-0.25, -0.2) is 0 Å². The van der Waals surface area contributed by atoms with Crippen molar-refractivity contribution in [3.05, 3.63) is 53.6 Å². The van der Waals surface area contributed by atoms with Crippen molar-refractivity contribution in [2.24, 2.45) is 5.92 Å². The summed E-state index contributed by atoms with van der Waals surface area (Å²) in [6.45, 7) is 2.39. The summed E-state index contributed by atoms with van der Waals surface area (Å²) in [6.07, 6.45) is 2.56. The van der Waals surface area contributed by atoms with Gasteiger partial charge in [-0.3, -0.25) is 9.59 Å². The molecule has 1 N–H and O–H groups in total. The lowest BCUT2D eigenvalue weighted by molar-refractivity contribution is -0.122. The van der Waals surface area contributed by atoms with Crippen molar-refractivity contribution in [2.45, 2.75) is 19.3 Å². The molecule has 2 heterocycles. The molecule has 0 bridgehead atoms. The van der Waals surface area contributed by atoms with Crippen LogP contribution in [-0.4, -0.2) is 31.4 Å². The van der Waals surface area contributed by atoms with Gasteiger partial charge < -0.3 is 15.1 Å². The molecule has 0 radical (unpaired) electrons. The largest absolute Gasteiger partial charge is 0.370 e. The molecule has 2 aliphatic rings. The van der Waals surface area contributed by atoms with Crippen LogP contribution in [0.1, 0.15) is 19.3 Å². The number of rotatable bonds is 4. The van der Waals surface area contributed by atoms with E-state index in [9.17, 15) is 9.59 Å². The number of anilines is 3. The highest BCUT2D eigenvalue weighted by Gasteiger charge is 2.35. The lowest BCUT2D eigenvalue weighted by Gasteiger charge is -2.22. The number of carbonyl (C=O) groups is 2. The quantitative estimate of drug-likeness (QED) is 0.870. The molecule has 5 nitrogen and oxygen atoms in total. The minimum atomic E-state index is -0.372. The van der Waals surface area contributed by atoms with Crippen LogP contribution in [0.3, 0.4) is 0 Å². The van der Waals surface area contributed by atoms with E-state index in [1.54, 1.807) is 17.0 Å². The number of amides is 2. The number of para-hydroxylation sites is 2. The normalized spacial score (nSPS) is 19.6. The van der Waals surface area contributed by atoms with E-state index in [0.717, 1.165) is 30.2 Å². The first-order valence-electron chi connectivity index (χ1n) is 9.32. The summed E-state index contributed by atoms with van der Waals surface area (Å²) in [4.78, 5) is 29.2. The standard InChI is InChI=1S/C21H22ClN3O2/c22-16-6-5-7-17(13-16)25-14-15(12-20(25)26)21(27)23-18-8-1-2-9-19(18)24-10-3-4-11-24/h1-2,5-9,13,15H,3-4,10-12,14H2,(H,23,27). The number of benzene rings is 2. The highest BCUT2D eigenvalue weighted by molar-refractivity contribution is 6.31. The summed E-state index contributed by atoms with van der Waals surface area (Å²) in [5.74, 6) is -0.534. The van der Waals surface area contributed by atoms with E-state index in [-0.39, 0.29) is 24.2 Å². The van der Waals surface area contributed by atoms with Crippen LogP contribution < -0.4 is 15.1 Å². The molecule has 140 valence electrons. The first kappa shape index (κ1) is 17.9. The summed E-state index contributed by atoms with van der Waals surface area (Å²) in [5, 5.41) is 3.62. The Bertz CT molecular complexity index is 864. The van der Waals surface area contributed by atoms with Gasteiger partial charge in [-0.2, -0.15) is 0 Å². The third kappa shape index (κ3) is 3.78. The fourth-order valence-corrected chi connectivity index (χ4v) is 4.01. The Morgan fingerprint density at radius 1 is 1.07 bits per heavy atom. The van der Waals surface area contributed by atoms with Gasteiger partial charge in [-0.05, 0) is 43.2 Å². The topological polar surface area (TPSA) is 52.7 Å². The van der Waals surface area contributed by atoms with Gasteiger partial charge >= 0.3 is 0 Å². The predicted octanol–water partition coefficient (Wildman–Crippen LogP) is 3.93. The third-order valence-electron chi connectivity index (χ3n) is 5.22. The minimum absolute atomic E-state index is 0.0507. The zero-order valence-corrected chi connectivity index (χ0v) is 15.8. The van der Waals surface area contributed by atoms with Crippen molar-refractivity contribution >= 4 is 40.5 Å². The van der Waals surface area contributed by atoms with Gasteiger partial charge in [0.15, 0.2) is 0 Å². The molecule has 1 atom stereocenters. The van der Waals surface area contributed by atoms with Crippen molar-refractivity contribution in [1.29, 1.82) is 0 Å². The smallest absolute Gasteiger partial charge is 0.229 e. The SMILES string of the molecule is O=C(Nc1ccccc1N1CCCC1)C1CC(=O)N(c2cccc(Cl)c2)C1. The Labute approximate surface area is 163 Å². The fraction of sp³-hybridized carbons (Fsp3) is 0.333. The van der Waals surface area contributed by atoms with Crippen molar-refractivity contribution in [3.8, 4) is 0 Å². The zero-order chi connectivity index (χ0) is 18.8. The predicted molar refractivity (Wildman–Crippen MR) is 108 cm³/mol. The van der Waals surface area contributed by atoms with Crippen LogP contribution in [0.2, 0.25) is 5.02 Å². The molecule has 0 spiro atoms. The van der Waals surface area contributed by atoms with Crippen molar-refractivity contribution < 1.29 is 9.59 Å². The van der Waals surface area contributed by atoms with Crippen LogP contribution in [0, 0.1) is 5.92 Å². The second-order valence-electron chi connectivity index (χ2n) is 7.09. The van der Waals surface area contributed by atoms with Crippen molar-refractivity contribution in [2.75, 3.05) is 34.8 Å². The molecule has 6 heteroatoms. The molecule has 0 aromatic heterocycles. The molecule has 27 heavy (non-hydrogen) atoms. The zero-order valence-electron chi connectivity index (χ0n) is 15.0. The van der Waals surface area contributed by atoms with Crippen LogP contribution >= 0.6 is 11.6 Å². The van der Waals surface area contributed by atoms with E-state index in [1.807, 2.05) is 36.4 Å². The van der Waals surface area contributed by atoms with E-state index in [0.29, 0.717) is 11.6 Å². The van der Waals surface area contributed by atoms with Gasteiger partial charge in [0.2, 0.25) is 11.8 Å². The third-order valence-corrected chi connectivity index (χ3v) is 5.46. The number of carbonyl (C=O) groups excluding carboxylic acids is 2. The summed E-state index contributed by atoms with van der Waals surface area (Å²) in [7, 11) is 0.